The van der Waals surface area contributed by atoms with Gasteiger partial charge >= 0.3 is 0 Å². The van der Waals surface area contributed by atoms with Gasteiger partial charge in [0.25, 0.3) is 5.56 Å². The highest BCUT2D eigenvalue weighted by atomic mass is 32.1. The first kappa shape index (κ1) is 20.5. The fraction of sp³-hybridized carbons (Fsp3) is 0.240. The molecule has 1 saturated carbocycles. The number of hydrogen-bond donors (Lipinski definition) is 1. The number of thiophene rings is 1. The Labute approximate surface area is 189 Å². The van der Waals surface area contributed by atoms with Gasteiger partial charge in [0.15, 0.2) is 0 Å². The van der Waals surface area contributed by atoms with Crippen molar-refractivity contribution in [3.63, 3.8) is 0 Å². The van der Waals surface area contributed by atoms with Gasteiger partial charge in [0.1, 0.15) is 17.0 Å². The van der Waals surface area contributed by atoms with Crippen molar-refractivity contribution < 1.29 is 9.53 Å². The van der Waals surface area contributed by atoms with E-state index in [0.29, 0.717) is 16.1 Å². The summed E-state index contributed by atoms with van der Waals surface area (Å²) in [5.74, 6) is 1.02. The Balaban J connectivity index is 1.35. The number of ether oxygens (including phenoxy) is 1. The maximum absolute atomic E-state index is 13.0. The van der Waals surface area contributed by atoms with Crippen LogP contribution in [0.25, 0.3) is 20.7 Å². The van der Waals surface area contributed by atoms with Crippen LogP contribution in [0.15, 0.2) is 71.8 Å². The molecule has 1 fully saturated rings. The second kappa shape index (κ2) is 8.59. The molecule has 2 aromatic heterocycles. The van der Waals surface area contributed by atoms with E-state index >= 15 is 0 Å². The van der Waals surface area contributed by atoms with Crippen LogP contribution in [0.2, 0.25) is 0 Å². The van der Waals surface area contributed by atoms with Crippen molar-refractivity contribution in [1.82, 2.24) is 14.9 Å². The van der Waals surface area contributed by atoms with Crippen LogP contribution in [0, 0.1) is 5.92 Å². The first-order valence-electron chi connectivity index (χ1n) is 10.6. The summed E-state index contributed by atoms with van der Waals surface area (Å²) < 4.78 is 7.18. The second-order valence-electron chi connectivity index (χ2n) is 8.02. The molecule has 162 valence electrons. The number of carbonyl (C=O) groups excluding carboxylic acids is 1. The van der Waals surface area contributed by atoms with E-state index < -0.39 is 0 Å². The number of aromatic nitrogens is 2. The van der Waals surface area contributed by atoms with Gasteiger partial charge in [0.2, 0.25) is 5.91 Å². The molecule has 1 N–H and O–H groups in total. The molecule has 1 atom stereocenters. The average molecular weight is 446 g/mol. The first-order chi connectivity index (χ1) is 15.6. The number of nitrogens with one attached hydrogen (secondary N) is 1. The molecule has 1 amide bonds. The summed E-state index contributed by atoms with van der Waals surface area (Å²) in [6, 6.07) is 19.5. The van der Waals surface area contributed by atoms with Crippen LogP contribution in [-0.2, 0) is 11.3 Å². The summed E-state index contributed by atoms with van der Waals surface area (Å²) in [6.45, 7) is -0.0558. The van der Waals surface area contributed by atoms with Crippen molar-refractivity contribution in [2.45, 2.75) is 25.4 Å². The highest BCUT2D eigenvalue weighted by Gasteiger charge is 2.33. The van der Waals surface area contributed by atoms with E-state index in [0.717, 1.165) is 34.6 Å². The van der Waals surface area contributed by atoms with Crippen molar-refractivity contribution in [1.29, 1.82) is 0 Å². The van der Waals surface area contributed by atoms with E-state index in [1.54, 1.807) is 7.11 Å². The summed E-state index contributed by atoms with van der Waals surface area (Å²) in [7, 11) is 1.63. The van der Waals surface area contributed by atoms with Gasteiger partial charge in [-0.1, -0.05) is 42.5 Å². The Morgan fingerprint density at radius 3 is 2.62 bits per heavy atom. The van der Waals surface area contributed by atoms with Crippen molar-refractivity contribution in [2.75, 3.05) is 7.11 Å². The molecule has 4 aromatic rings. The number of methoxy groups -OCH3 is 1. The van der Waals surface area contributed by atoms with Crippen molar-refractivity contribution in [2.24, 2.45) is 5.92 Å². The summed E-state index contributed by atoms with van der Waals surface area (Å²) in [5.41, 5.74) is 2.56. The Kier molecular flexibility index (Phi) is 5.49. The van der Waals surface area contributed by atoms with E-state index in [1.807, 2.05) is 60.7 Å². The Hall–Kier alpha value is -3.45. The summed E-state index contributed by atoms with van der Waals surface area (Å²) in [6.07, 6.45) is 3.63. The lowest BCUT2D eigenvalue weighted by Gasteiger charge is -2.19. The lowest BCUT2D eigenvalue weighted by atomic mass is 10.0. The van der Waals surface area contributed by atoms with Crippen LogP contribution in [0.4, 0.5) is 0 Å². The van der Waals surface area contributed by atoms with E-state index in [2.05, 4.69) is 10.3 Å². The summed E-state index contributed by atoms with van der Waals surface area (Å²) >= 11 is 1.41. The minimum Gasteiger partial charge on any atom is -0.497 e. The third-order valence-corrected chi connectivity index (χ3v) is 6.92. The fourth-order valence-electron chi connectivity index (χ4n) is 3.89. The number of amides is 1. The van der Waals surface area contributed by atoms with Gasteiger partial charge in [0.05, 0.1) is 25.0 Å². The maximum Gasteiger partial charge on any atom is 0.271 e. The highest BCUT2D eigenvalue weighted by molar-refractivity contribution is 7.22. The first-order valence-corrected chi connectivity index (χ1v) is 11.4. The molecule has 0 radical (unpaired) electrons. The smallest absolute Gasteiger partial charge is 0.271 e. The number of benzene rings is 2. The Morgan fingerprint density at radius 1 is 1.19 bits per heavy atom. The SMILES string of the molecule is COc1ccc(C(NC(=O)Cn2cnc3cc(-c4ccccc4)sc3c2=O)C2CC2)cc1. The molecule has 0 bridgehead atoms. The number of carbonyl (C=O) groups is 1. The molecular formula is C25H23N3O3S. The molecule has 0 saturated heterocycles. The van der Waals surface area contributed by atoms with Crippen LogP contribution >= 0.6 is 11.3 Å². The second-order valence-corrected chi connectivity index (χ2v) is 9.08. The van der Waals surface area contributed by atoms with E-state index in [9.17, 15) is 9.59 Å². The minimum atomic E-state index is -0.194. The predicted molar refractivity (Wildman–Crippen MR) is 126 cm³/mol. The standard InChI is InChI=1S/C25H23N3O3S/c1-31-19-11-9-18(10-12-19)23(17-7-8-17)27-22(29)14-28-15-26-20-13-21(32-24(20)25(28)30)16-5-3-2-4-6-16/h2-6,9-13,15,17,23H,7-8,14H2,1H3,(H,27,29). The molecule has 1 aliphatic rings. The normalized spacial score (nSPS) is 14.3. The molecule has 0 spiro atoms. The largest absolute Gasteiger partial charge is 0.497 e. The number of hydrogen-bond acceptors (Lipinski definition) is 5. The summed E-state index contributed by atoms with van der Waals surface area (Å²) in [5, 5.41) is 3.12. The van der Waals surface area contributed by atoms with Crippen LogP contribution < -0.4 is 15.6 Å². The van der Waals surface area contributed by atoms with E-state index in [4.69, 9.17) is 4.74 Å². The molecular weight excluding hydrogens is 422 g/mol. The van der Waals surface area contributed by atoms with Gasteiger partial charge in [-0.2, -0.15) is 0 Å². The molecule has 6 nitrogen and oxygen atoms in total. The molecule has 1 aliphatic carbocycles. The lowest BCUT2D eigenvalue weighted by Crippen LogP contribution is -2.35. The molecule has 5 rings (SSSR count). The maximum atomic E-state index is 13.0. The monoisotopic (exact) mass is 445 g/mol. The van der Waals surface area contributed by atoms with Gasteiger partial charge in [-0.3, -0.25) is 14.2 Å². The zero-order valence-electron chi connectivity index (χ0n) is 17.7. The van der Waals surface area contributed by atoms with Crippen LogP contribution in [0.1, 0.15) is 24.4 Å². The lowest BCUT2D eigenvalue weighted by molar-refractivity contribution is -0.122. The van der Waals surface area contributed by atoms with Gasteiger partial charge in [-0.15, -0.1) is 11.3 Å². The van der Waals surface area contributed by atoms with Crippen molar-refractivity contribution >= 4 is 27.5 Å². The zero-order chi connectivity index (χ0) is 22.1. The Bertz CT molecular complexity index is 1310. The Morgan fingerprint density at radius 2 is 1.94 bits per heavy atom. The van der Waals surface area contributed by atoms with Gasteiger partial charge in [-0.25, -0.2) is 4.98 Å². The molecule has 2 heterocycles. The van der Waals surface area contributed by atoms with Crippen LogP contribution in [-0.4, -0.2) is 22.6 Å². The van der Waals surface area contributed by atoms with Gasteiger partial charge in [-0.05, 0) is 48.1 Å². The van der Waals surface area contributed by atoms with Gasteiger partial charge in [0, 0.05) is 4.88 Å². The van der Waals surface area contributed by atoms with Crippen LogP contribution in [0.5, 0.6) is 5.75 Å². The third-order valence-electron chi connectivity index (χ3n) is 5.76. The van der Waals surface area contributed by atoms with E-state index in [1.165, 1.54) is 22.2 Å². The molecule has 2 aromatic carbocycles. The van der Waals surface area contributed by atoms with Gasteiger partial charge < -0.3 is 10.1 Å². The number of nitrogens with zero attached hydrogens (tertiary/aromatic N) is 2. The average Bonchev–Trinajstić information content (AvgIpc) is 3.58. The summed E-state index contributed by atoms with van der Waals surface area (Å²) in [4.78, 5) is 31.3. The third kappa shape index (κ3) is 4.16. The molecule has 0 aliphatic heterocycles. The predicted octanol–water partition coefficient (Wildman–Crippen LogP) is 4.40. The molecule has 1 unspecified atom stereocenters. The quantitative estimate of drug-likeness (QED) is 0.458. The zero-order valence-corrected chi connectivity index (χ0v) is 18.5. The number of rotatable bonds is 7. The topological polar surface area (TPSA) is 73.2 Å². The van der Waals surface area contributed by atoms with Crippen LogP contribution in [0.3, 0.4) is 0 Å². The molecule has 32 heavy (non-hydrogen) atoms. The number of fused-ring (bicyclic) bond motifs is 1. The van der Waals surface area contributed by atoms with Crippen molar-refractivity contribution in [3.8, 4) is 16.2 Å². The fourth-order valence-corrected chi connectivity index (χ4v) is 4.96. The molecule has 7 heteroatoms. The van der Waals surface area contributed by atoms with E-state index in [-0.39, 0.29) is 24.1 Å². The van der Waals surface area contributed by atoms with Crippen molar-refractivity contribution in [3.05, 3.63) is 82.9 Å². The minimum absolute atomic E-state index is 0.0558. The highest BCUT2D eigenvalue weighted by Crippen LogP contribution is 2.41.